The molecule has 4 nitrogen and oxygen atoms in total. The molecular weight excluding hydrogens is 202 g/mol. The van der Waals surface area contributed by atoms with Crippen LogP contribution in [0.1, 0.15) is 27.2 Å². The van der Waals surface area contributed by atoms with E-state index < -0.39 is 0 Å². The fourth-order valence-electron chi connectivity index (χ4n) is 2.31. The molecule has 0 aliphatic carbocycles. The van der Waals surface area contributed by atoms with Crippen LogP contribution in [0.3, 0.4) is 0 Å². The Morgan fingerprint density at radius 2 is 2.06 bits per heavy atom. The van der Waals surface area contributed by atoms with Crippen LogP contribution in [-0.4, -0.2) is 55.1 Å². The number of likely N-dealkylation sites (N-methyl/N-ethyl adjacent to an activating group) is 1. The van der Waals surface area contributed by atoms with Crippen LogP contribution in [-0.2, 0) is 0 Å². The van der Waals surface area contributed by atoms with E-state index in [9.17, 15) is 4.79 Å². The molecule has 4 heteroatoms. The first-order chi connectivity index (χ1) is 7.63. The Balaban J connectivity index is 2.57. The topological polar surface area (TPSA) is 35.6 Å². The van der Waals surface area contributed by atoms with Gasteiger partial charge in [-0.05, 0) is 33.2 Å². The number of nitrogens with one attached hydrogen (secondary N) is 1. The molecule has 0 aromatic heterocycles. The van der Waals surface area contributed by atoms with E-state index in [0.29, 0.717) is 12.0 Å². The van der Waals surface area contributed by atoms with Crippen LogP contribution >= 0.6 is 0 Å². The van der Waals surface area contributed by atoms with Gasteiger partial charge in [-0.1, -0.05) is 6.92 Å². The molecule has 2 unspecified atom stereocenters. The number of nitrogens with zero attached hydrogens (tertiary/aromatic N) is 2. The number of carbonyl (C=O) groups excluding carboxylic acids is 1. The van der Waals surface area contributed by atoms with Crippen molar-refractivity contribution < 1.29 is 4.79 Å². The van der Waals surface area contributed by atoms with E-state index in [4.69, 9.17) is 0 Å². The Bertz CT molecular complexity index is 228. The van der Waals surface area contributed by atoms with Gasteiger partial charge >= 0.3 is 6.03 Å². The van der Waals surface area contributed by atoms with Crippen LogP contribution < -0.4 is 5.32 Å². The highest BCUT2D eigenvalue weighted by atomic mass is 16.2. The highest BCUT2D eigenvalue weighted by Crippen LogP contribution is 2.18. The molecule has 0 saturated carbocycles. The van der Waals surface area contributed by atoms with Crippen molar-refractivity contribution in [3.63, 3.8) is 0 Å². The van der Waals surface area contributed by atoms with Gasteiger partial charge in [0, 0.05) is 32.2 Å². The Kier molecular flexibility index (Phi) is 5.06. The third-order valence-electron chi connectivity index (χ3n) is 3.63. The molecule has 1 fully saturated rings. The van der Waals surface area contributed by atoms with E-state index in [2.05, 4.69) is 12.2 Å². The maximum Gasteiger partial charge on any atom is 0.320 e. The van der Waals surface area contributed by atoms with Gasteiger partial charge in [0.15, 0.2) is 0 Å². The molecule has 1 heterocycles. The first kappa shape index (κ1) is 13.3. The van der Waals surface area contributed by atoms with E-state index in [0.717, 1.165) is 32.6 Å². The van der Waals surface area contributed by atoms with Crippen molar-refractivity contribution in [1.82, 2.24) is 15.1 Å². The minimum Gasteiger partial charge on any atom is -0.325 e. The third kappa shape index (κ3) is 2.88. The lowest BCUT2D eigenvalue weighted by molar-refractivity contribution is 0.124. The summed E-state index contributed by atoms with van der Waals surface area (Å²) in [4.78, 5) is 16.0. The van der Waals surface area contributed by atoms with Crippen LogP contribution in [0.5, 0.6) is 0 Å². The SMILES string of the molecule is CCN(CC)C(=O)N1CCC(C)C(NC)C1. The predicted molar refractivity (Wildman–Crippen MR) is 66.5 cm³/mol. The van der Waals surface area contributed by atoms with Gasteiger partial charge in [0.05, 0.1) is 0 Å². The van der Waals surface area contributed by atoms with Crippen LogP contribution in [0.4, 0.5) is 4.79 Å². The average Bonchev–Trinajstić information content (AvgIpc) is 2.31. The summed E-state index contributed by atoms with van der Waals surface area (Å²) in [6, 6.07) is 0.630. The second-order valence-corrected chi connectivity index (χ2v) is 4.56. The number of hydrogen-bond acceptors (Lipinski definition) is 2. The van der Waals surface area contributed by atoms with Crippen LogP contribution in [0.2, 0.25) is 0 Å². The summed E-state index contributed by atoms with van der Waals surface area (Å²) in [5.41, 5.74) is 0. The summed E-state index contributed by atoms with van der Waals surface area (Å²) < 4.78 is 0. The van der Waals surface area contributed by atoms with Crippen molar-refractivity contribution in [2.24, 2.45) is 5.92 Å². The molecular formula is C12H25N3O. The van der Waals surface area contributed by atoms with Crippen molar-refractivity contribution in [2.45, 2.75) is 33.2 Å². The van der Waals surface area contributed by atoms with Gasteiger partial charge in [0.2, 0.25) is 0 Å². The van der Waals surface area contributed by atoms with Crippen molar-refractivity contribution in [3.05, 3.63) is 0 Å². The maximum absolute atomic E-state index is 12.2. The molecule has 16 heavy (non-hydrogen) atoms. The molecule has 0 bridgehead atoms. The summed E-state index contributed by atoms with van der Waals surface area (Å²) in [6.07, 6.45) is 1.10. The van der Waals surface area contributed by atoms with Crippen molar-refractivity contribution in [2.75, 3.05) is 33.2 Å². The largest absolute Gasteiger partial charge is 0.325 e. The molecule has 0 aromatic carbocycles. The minimum atomic E-state index is 0.192. The standard InChI is InChI=1S/C12H25N3O/c1-5-14(6-2)12(16)15-8-7-10(3)11(9-15)13-4/h10-11,13H,5-9H2,1-4H3. The Hall–Kier alpha value is -0.770. The van der Waals surface area contributed by atoms with Gasteiger partial charge in [0.25, 0.3) is 0 Å². The molecule has 2 amide bonds. The number of likely N-dealkylation sites (tertiary alicyclic amines) is 1. The van der Waals surface area contributed by atoms with Gasteiger partial charge < -0.3 is 15.1 Å². The predicted octanol–water partition coefficient (Wildman–Crippen LogP) is 1.38. The highest BCUT2D eigenvalue weighted by Gasteiger charge is 2.29. The highest BCUT2D eigenvalue weighted by molar-refractivity contribution is 5.74. The molecule has 1 saturated heterocycles. The fourth-order valence-corrected chi connectivity index (χ4v) is 2.31. The van der Waals surface area contributed by atoms with Gasteiger partial charge in [-0.3, -0.25) is 0 Å². The van der Waals surface area contributed by atoms with Gasteiger partial charge in [-0.25, -0.2) is 4.79 Å². The van der Waals surface area contributed by atoms with Gasteiger partial charge in [-0.15, -0.1) is 0 Å². The number of amides is 2. The first-order valence-corrected chi connectivity index (χ1v) is 6.35. The van der Waals surface area contributed by atoms with Crippen LogP contribution in [0, 0.1) is 5.92 Å². The second kappa shape index (κ2) is 6.09. The lowest BCUT2D eigenvalue weighted by Crippen LogP contribution is -2.54. The molecule has 1 aliphatic rings. The smallest absolute Gasteiger partial charge is 0.320 e. The lowest BCUT2D eigenvalue weighted by Gasteiger charge is -2.39. The molecule has 2 atom stereocenters. The molecule has 1 aliphatic heterocycles. The zero-order valence-corrected chi connectivity index (χ0v) is 11.0. The zero-order valence-electron chi connectivity index (χ0n) is 11.0. The van der Waals surface area contributed by atoms with E-state index in [1.54, 1.807) is 0 Å². The fraction of sp³-hybridized carbons (Fsp3) is 0.917. The van der Waals surface area contributed by atoms with Gasteiger partial charge in [-0.2, -0.15) is 0 Å². The monoisotopic (exact) mass is 227 g/mol. The van der Waals surface area contributed by atoms with Crippen molar-refractivity contribution in [1.29, 1.82) is 0 Å². The Morgan fingerprint density at radius 3 is 2.56 bits per heavy atom. The molecule has 94 valence electrons. The summed E-state index contributed by atoms with van der Waals surface area (Å²) in [7, 11) is 1.98. The molecule has 1 N–H and O–H groups in total. The van der Waals surface area contributed by atoms with E-state index in [1.807, 2.05) is 30.7 Å². The van der Waals surface area contributed by atoms with Crippen molar-refractivity contribution in [3.8, 4) is 0 Å². The first-order valence-electron chi connectivity index (χ1n) is 6.35. The maximum atomic E-state index is 12.2. The van der Waals surface area contributed by atoms with E-state index in [1.165, 1.54) is 0 Å². The Labute approximate surface area is 99.0 Å². The summed E-state index contributed by atoms with van der Waals surface area (Å²) in [5.74, 6) is 0.658. The lowest BCUT2D eigenvalue weighted by atomic mass is 9.94. The van der Waals surface area contributed by atoms with E-state index >= 15 is 0 Å². The Morgan fingerprint density at radius 1 is 1.44 bits per heavy atom. The molecule has 0 radical (unpaired) electrons. The summed E-state index contributed by atoms with van der Waals surface area (Å²) in [5, 5.41) is 3.30. The normalized spacial score (nSPS) is 25.6. The van der Waals surface area contributed by atoms with Crippen LogP contribution in [0.15, 0.2) is 0 Å². The average molecular weight is 227 g/mol. The van der Waals surface area contributed by atoms with Crippen LogP contribution in [0.25, 0.3) is 0 Å². The summed E-state index contributed by atoms with van der Waals surface area (Å²) in [6.45, 7) is 9.65. The van der Waals surface area contributed by atoms with Gasteiger partial charge in [0.1, 0.15) is 0 Å². The second-order valence-electron chi connectivity index (χ2n) is 4.56. The number of urea groups is 1. The summed E-state index contributed by atoms with van der Waals surface area (Å²) >= 11 is 0. The number of rotatable bonds is 3. The quantitative estimate of drug-likeness (QED) is 0.790. The van der Waals surface area contributed by atoms with E-state index in [-0.39, 0.29) is 6.03 Å². The zero-order chi connectivity index (χ0) is 12.1. The third-order valence-corrected chi connectivity index (χ3v) is 3.63. The molecule has 0 aromatic rings. The number of hydrogen-bond donors (Lipinski definition) is 1. The van der Waals surface area contributed by atoms with Crippen molar-refractivity contribution >= 4 is 6.03 Å². The minimum absolute atomic E-state index is 0.192. The molecule has 1 rings (SSSR count). The number of carbonyl (C=O) groups is 1. The molecule has 0 spiro atoms. The number of piperidine rings is 1.